The Morgan fingerprint density at radius 1 is 1.05 bits per heavy atom. The fourth-order valence-corrected chi connectivity index (χ4v) is 2.95. The topological polar surface area (TPSA) is 29.1 Å². The second-order valence-corrected chi connectivity index (χ2v) is 6.59. The summed E-state index contributed by atoms with van der Waals surface area (Å²) in [7, 11) is 0. The molecule has 2 aromatic carbocycles. The largest absolute Gasteiger partial charge is 0.355 e. The molecule has 0 aliphatic carbocycles. The van der Waals surface area contributed by atoms with E-state index in [0.717, 1.165) is 24.3 Å². The van der Waals surface area contributed by atoms with Gasteiger partial charge < -0.3 is 5.32 Å². The number of carbonyl (C=O) groups is 1. The lowest BCUT2D eigenvalue weighted by Gasteiger charge is -2.06. The molecular weight excluding hydrogens is 290 g/mol. The van der Waals surface area contributed by atoms with E-state index in [4.69, 9.17) is 0 Å². The second kappa shape index (κ2) is 8.64. The molecule has 0 spiro atoms. The fraction of sp³-hybridized carbons (Fsp3) is 0.316. The van der Waals surface area contributed by atoms with Gasteiger partial charge in [0, 0.05) is 11.4 Å². The molecule has 1 N–H and O–H groups in total. The zero-order valence-electron chi connectivity index (χ0n) is 13.3. The number of carbonyl (C=O) groups excluding carboxylic acids is 1. The van der Waals surface area contributed by atoms with Crippen LogP contribution >= 0.6 is 11.8 Å². The molecule has 0 unspecified atom stereocenters. The SMILES string of the molecule is Cc1ccc(SCC(=O)NCCCc2cccc(C)c2)cc1. The molecule has 0 aliphatic rings. The number of hydrogen-bond acceptors (Lipinski definition) is 2. The lowest BCUT2D eigenvalue weighted by molar-refractivity contribution is -0.118. The Morgan fingerprint density at radius 2 is 1.82 bits per heavy atom. The van der Waals surface area contributed by atoms with Crippen molar-refractivity contribution in [3.05, 3.63) is 65.2 Å². The van der Waals surface area contributed by atoms with E-state index in [9.17, 15) is 4.79 Å². The summed E-state index contributed by atoms with van der Waals surface area (Å²) in [6, 6.07) is 16.8. The van der Waals surface area contributed by atoms with Crippen molar-refractivity contribution in [2.75, 3.05) is 12.3 Å². The van der Waals surface area contributed by atoms with Crippen LogP contribution in [0.25, 0.3) is 0 Å². The summed E-state index contributed by atoms with van der Waals surface area (Å²) >= 11 is 1.58. The minimum Gasteiger partial charge on any atom is -0.355 e. The summed E-state index contributed by atoms with van der Waals surface area (Å²) in [6.07, 6.45) is 1.98. The van der Waals surface area contributed by atoms with Gasteiger partial charge in [-0.2, -0.15) is 0 Å². The predicted octanol–water partition coefficient (Wildman–Crippen LogP) is 4.14. The highest BCUT2D eigenvalue weighted by molar-refractivity contribution is 8.00. The molecule has 0 aromatic heterocycles. The first-order valence-electron chi connectivity index (χ1n) is 7.65. The van der Waals surface area contributed by atoms with E-state index in [0.29, 0.717) is 5.75 Å². The number of hydrogen-bond donors (Lipinski definition) is 1. The number of amides is 1. The quantitative estimate of drug-likeness (QED) is 0.615. The molecule has 116 valence electrons. The molecule has 2 rings (SSSR count). The van der Waals surface area contributed by atoms with Gasteiger partial charge in [0.25, 0.3) is 0 Å². The number of rotatable bonds is 7. The molecule has 22 heavy (non-hydrogen) atoms. The molecule has 0 saturated carbocycles. The first kappa shape index (κ1) is 16.6. The predicted molar refractivity (Wildman–Crippen MR) is 94.4 cm³/mol. The van der Waals surface area contributed by atoms with Crippen LogP contribution < -0.4 is 5.32 Å². The van der Waals surface area contributed by atoms with Gasteiger partial charge in [0.1, 0.15) is 0 Å². The maximum absolute atomic E-state index is 11.8. The van der Waals surface area contributed by atoms with Crippen LogP contribution in [-0.2, 0) is 11.2 Å². The molecule has 0 atom stereocenters. The molecule has 2 nitrogen and oxygen atoms in total. The average Bonchev–Trinajstić information content (AvgIpc) is 2.51. The lowest BCUT2D eigenvalue weighted by Crippen LogP contribution is -2.26. The second-order valence-electron chi connectivity index (χ2n) is 5.54. The van der Waals surface area contributed by atoms with Crippen molar-refractivity contribution >= 4 is 17.7 Å². The summed E-state index contributed by atoms with van der Waals surface area (Å²) in [6.45, 7) is 4.91. The summed E-state index contributed by atoms with van der Waals surface area (Å²) in [5, 5.41) is 2.99. The number of thioether (sulfide) groups is 1. The molecule has 0 saturated heterocycles. The van der Waals surface area contributed by atoms with Crippen molar-refractivity contribution in [1.82, 2.24) is 5.32 Å². The molecule has 3 heteroatoms. The number of benzene rings is 2. The Kier molecular flexibility index (Phi) is 6.53. The van der Waals surface area contributed by atoms with Gasteiger partial charge in [0.05, 0.1) is 5.75 Å². The lowest BCUT2D eigenvalue weighted by atomic mass is 10.1. The van der Waals surface area contributed by atoms with Gasteiger partial charge in [-0.05, 0) is 44.4 Å². The first-order valence-corrected chi connectivity index (χ1v) is 8.64. The van der Waals surface area contributed by atoms with Crippen LogP contribution in [0.5, 0.6) is 0 Å². The molecule has 1 amide bonds. The fourth-order valence-electron chi connectivity index (χ4n) is 2.22. The van der Waals surface area contributed by atoms with E-state index >= 15 is 0 Å². The van der Waals surface area contributed by atoms with Gasteiger partial charge in [-0.15, -0.1) is 11.8 Å². The minimum atomic E-state index is 0.106. The molecule has 0 radical (unpaired) electrons. The van der Waals surface area contributed by atoms with Crippen LogP contribution in [0.15, 0.2) is 53.4 Å². The van der Waals surface area contributed by atoms with E-state index in [1.54, 1.807) is 11.8 Å². The van der Waals surface area contributed by atoms with E-state index in [2.05, 4.69) is 67.7 Å². The third-order valence-electron chi connectivity index (χ3n) is 3.44. The number of aryl methyl sites for hydroxylation is 3. The zero-order chi connectivity index (χ0) is 15.8. The van der Waals surface area contributed by atoms with Crippen LogP contribution in [0, 0.1) is 13.8 Å². The molecule has 0 bridgehead atoms. The van der Waals surface area contributed by atoms with E-state index in [1.807, 2.05) is 0 Å². The maximum Gasteiger partial charge on any atom is 0.230 e. The van der Waals surface area contributed by atoms with Crippen molar-refractivity contribution in [1.29, 1.82) is 0 Å². The monoisotopic (exact) mass is 313 g/mol. The van der Waals surface area contributed by atoms with Crippen molar-refractivity contribution < 1.29 is 4.79 Å². The van der Waals surface area contributed by atoms with Crippen molar-refractivity contribution in [3.63, 3.8) is 0 Å². The molecule has 0 aliphatic heterocycles. The summed E-state index contributed by atoms with van der Waals surface area (Å²) in [5.74, 6) is 0.586. The Labute approximate surface area is 137 Å². The Hall–Kier alpha value is -1.74. The highest BCUT2D eigenvalue weighted by atomic mass is 32.2. The third kappa shape index (κ3) is 5.94. The zero-order valence-corrected chi connectivity index (χ0v) is 14.1. The van der Waals surface area contributed by atoms with Gasteiger partial charge in [-0.1, -0.05) is 47.5 Å². The maximum atomic E-state index is 11.8. The number of nitrogens with one attached hydrogen (secondary N) is 1. The van der Waals surface area contributed by atoms with Gasteiger partial charge in [-0.25, -0.2) is 0 Å². The molecule has 0 heterocycles. The summed E-state index contributed by atoms with van der Waals surface area (Å²) < 4.78 is 0. The van der Waals surface area contributed by atoms with E-state index in [-0.39, 0.29) is 5.91 Å². The van der Waals surface area contributed by atoms with Crippen LogP contribution in [0.3, 0.4) is 0 Å². The van der Waals surface area contributed by atoms with Gasteiger partial charge >= 0.3 is 0 Å². The molecular formula is C19H23NOS. The van der Waals surface area contributed by atoms with Crippen molar-refractivity contribution in [2.45, 2.75) is 31.6 Å². The first-order chi connectivity index (χ1) is 10.6. The van der Waals surface area contributed by atoms with Gasteiger partial charge in [-0.3, -0.25) is 4.79 Å². The van der Waals surface area contributed by atoms with Crippen LogP contribution in [0.2, 0.25) is 0 Å². The van der Waals surface area contributed by atoms with Gasteiger partial charge in [0.2, 0.25) is 5.91 Å². The Balaban J connectivity index is 1.62. The van der Waals surface area contributed by atoms with Crippen LogP contribution in [0.1, 0.15) is 23.1 Å². The van der Waals surface area contributed by atoms with E-state index in [1.165, 1.54) is 16.7 Å². The van der Waals surface area contributed by atoms with Crippen molar-refractivity contribution in [3.8, 4) is 0 Å². The third-order valence-corrected chi connectivity index (χ3v) is 4.45. The molecule has 2 aromatic rings. The van der Waals surface area contributed by atoms with Crippen LogP contribution in [-0.4, -0.2) is 18.2 Å². The highest BCUT2D eigenvalue weighted by Gasteiger charge is 2.02. The summed E-state index contributed by atoms with van der Waals surface area (Å²) in [4.78, 5) is 13.0. The van der Waals surface area contributed by atoms with E-state index < -0.39 is 0 Å². The Bertz CT molecular complexity index is 607. The minimum absolute atomic E-state index is 0.106. The smallest absolute Gasteiger partial charge is 0.230 e. The highest BCUT2D eigenvalue weighted by Crippen LogP contribution is 2.17. The van der Waals surface area contributed by atoms with Gasteiger partial charge in [0.15, 0.2) is 0 Å². The summed E-state index contributed by atoms with van der Waals surface area (Å²) in [5.41, 5.74) is 3.87. The average molecular weight is 313 g/mol. The van der Waals surface area contributed by atoms with Crippen molar-refractivity contribution in [2.24, 2.45) is 0 Å². The normalized spacial score (nSPS) is 10.5. The molecule has 0 fully saturated rings. The standard InChI is InChI=1S/C19H23NOS/c1-15-8-10-18(11-9-15)22-14-19(21)20-12-4-7-17-6-3-5-16(2)13-17/h3,5-6,8-11,13H,4,7,12,14H2,1-2H3,(H,20,21). The Morgan fingerprint density at radius 3 is 2.55 bits per heavy atom. The van der Waals surface area contributed by atoms with Crippen LogP contribution in [0.4, 0.5) is 0 Å².